The van der Waals surface area contributed by atoms with Crippen LogP contribution in [0.15, 0.2) is 30.3 Å². The molecule has 0 aromatic heterocycles. The van der Waals surface area contributed by atoms with Crippen molar-refractivity contribution in [1.29, 1.82) is 10.8 Å². The average molecular weight is 485 g/mol. The number of piperazine rings is 1. The lowest BCUT2D eigenvalue weighted by Crippen LogP contribution is -2.46. The number of likely N-dealkylation sites (N-methyl/N-ethyl adjacent to an activating group) is 2. The molecule has 0 saturated carbocycles. The Morgan fingerprint density at radius 2 is 1.77 bits per heavy atom. The summed E-state index contributed by atoms with van der Waals surface area (Å²) < 4.78 is 15.3. The Hall–Kier alpha value is -3.66. The zero-order chi connectivity index (χ0) is 25.9. The summed E-state index contributed by atoms with van der Waals surface area (Å²) in [7, 11) is 1.35. The molecular weight excluding hydrogens is 451 g/mol. The quantitative estimate of drug-likeness (QED) is 0.328. The minimum Gasteiger partial charge on any atom is -0.508 e. The molecule has 1 aliphatic heterocycles. The van der Waals surface area contributed by atoms with Gasteiger partial charge in [-0.05, 0) is 36.2 Å². The van der Waals surface area contributed by atoms with Crippen molar-refractivity contribution in [2.75, 3.05) is 49.6 Å². The van der Waals surface area contributed by atoms with Crippen LogP contribution >= 0.6 is 0 Å². The second kappa shape index (κ2) is 10.7. The Balaban J connectivity index is 2.02. The predicted octanol–water partition coefficient (Wildman–Crippen LogP) is 3.06. The molecule has 2 aromatic carbocycles. The molecule has 0 unspecified atom stereocenters. The molecule has 188 valence electrons. The zero-order valence-electron chi connectivity index (χ0n) is 20.5. The van der Waals surface area contributed by atoms with Gasteiger partial charge in [0.05, 0.1) is 16.9 Å². The number of amides is 1. The predicted molar refractivity (Wildman–Crippen MR) is 136 cm³/mol. The first-order valence-corrected chi connectivity index (χ1v) is 11.6. The van der Waals surface area contributed by atoms with Gasteiger partial charge in [0.2, 0.25) is 0 Å². The van der Waals surface area contributed by atoms with E-state index in [9.17, 15) is 15.0 Å². The van der Waals surface area contributed by atoms with Gasteiger partial charge in [-0.2, -0.15) is 0 Å². The molecular formula is C25H33FN6O3. The molecule has 1 fully saturated rings. The highest BCUT2D eigenvalue weighted by Crippen LogP contribution is 2.34. The van der Waals surface area contributed by atoms with E-state index in [1.807, 2.05) is 18.7 Å². The van der Waals surface area contributed by atoms with E-state index in [0.29, 0.717) is 24.3 Å². The number of nitrogens with one attached hydrogen (secondary N) is 3. The first-order valence-electron chi connectivity index (χ1n) is 11.6. The molecule has 0 aliphatic carbocycles. The summed E-state index contributed by atoms with van der Waals surface area (Å²) in [5.74, 6) is -2.96. The maximum Gasteiger partial charge on any atom is 0.286 e. The van der Waals surface area contributed by atoms with Crippen molar-refractivity contribution in [2.24, 2.45) is 0 Å². The van der Waals surface area contributed by atoms with Gasteiger partial charge in [0, 0.05) is 45.4 Å². The fourth-order valence-electron chi connectivity index (χ4n) is 4.15. The number of hydrogen-bond acceptors (Lipinski definition) is 7. The molecule has 1 amide bonds. The van der Waals surface area contributed by atoms with Gasteiger partial charge in [-0.3, -0.25) is 20.5 Å². The Labute approximate surface area is 204 Å². The Bertz CT molecular complexity index is 1130. The maximum absolute atomic E-state index is 15.3. The molecule has 10 heteroatoms. The third kappa shape index (κ3) is 5.37. The van der Waals surface area contributed by atoms with Gasteiger partial charge in [0.1, 0.15) is 23.2 Å². The van der Waals surface area contributed by atoms with Crippen molar-refractivity contribution in [3.63, 3.8) is 0 Å². The second-order valence-corrected chi connectivity index (χ2v) is 8.75. The Morgan fingerprint density at radius 1 is 1.11 bits per heavy atom. The molecule has 2 aromatic rings. The first kappa shape index (κ1) is 26.0. The fraction of sp³-hybridized carbons (Fsp3) is 0.400. The number of rotatable bonds is 5. The van der Waals surface area contributed by atoms with E-state index in [-0.39, 0.29) is 22.9 Å². The summed E-state index contributed by atoms with van der Waals surface area (Å²) in [6.45, 7) is 9.73. The summed E-state index contributed by atoms with van der Waals surface area (Å²) in [5.41, 5.74) is 0.995. The van der Waals surface area contributed by atoms with Crippen LogP contribution in [-0.2, 0) is 4.79 Å². The van der Waals surface area contributed by atoms with Crippen LogP contribution in [0.4, 0.5) is 15.8 Å². The number of carbonyl (C=O) groups excluding carboxylic acids is 1. The van der Waals surface area contributed by atoms with Gasteiger partial charge < -0.3 is 25.3 Å². The fourth-order valence-corrected chi connectivity index (χ4v) is 4.15. The van der Waals surface area contributed by atoms with Crippen LogP contribution in [0.2, 0.25) is 0 Å². The van der Waals surface area contributed by atoms with Crippen LogP contribution in [0.3, 0.4) is 0 Å². The van der Waals surface area contributed by atoms with E-state index in [2.05, 4.69) is 17.1 Å². The first-order chi connectivity index (χ1) is 16.6. The van der Waals surface area contributed by atoms with E-state index in [1.54, 1.807) is 12.1 Å². The van der Waals surface area contributed by atoms with Crippen molar-refractivity contribution >= 4 is 29.0 Å². The largest absolute Gasteiger partial charge is 0.508 e. The highest BCUT2D eigenvalue weighted by molar-refractivity contribution is 6.48. The maximum atomic E-state index is 15.3. The van der Waals surface area contributed by atoms with Gasteiger partial charge >= 0.3 is 0 Å². The molecule has 0 bridgehead atoms. The van der Waals surface area contributed by atoms with E-state index in [0.717, 1.165) is 30.6 Å². The smallest absolute Gasteiger partial charge is 0.286 e. The molecule has 35 heavy (non-hydrogen) atoms. The van der Waals surface area contributed by atoms with E-state index >= 15 is 4.39 Å². The summed E-state index contributed by atoms with van der Waals surface area (Å²) in [4.78, 5) is 17.6. The van der Waals surface area contributed by atoms with Gasteiger partial charge in [-0.1, -0.05) is 20.8 Å². The monoisotopic (exact) mass is 484 g/mol. The molecule has 1 heterocycles. The van der Waals surface area contributed by atoms with Gasteiger partial charge in [-0.15, -0.1) is 0 Å². The summed E-state index contributed by atoms with van der Waals surface area (Å²) in [6.07, 6.45) is 0. The van der Waals surface area contributed by atoms with E-state index in [1.165, 1.54) is 19.2 Å². The lowest BCUT2D eigenvalue weighted by molar-refractivity contribution is -0.114. The normalized spacial score (nSPS) is 14.2. The number of nitrogens with zero attached hydrogens (tertiary/aromatic N) is 3. The van der Waals surface area contributed by atoms with Crippen LogP contribution in [0.25, 0.3) is 0 Å². The lowest BCUT2D eigenvalue weighted by Gasteiger charge is -2.36. The van der Waals surface area contributed by atoms with Crippen LogP contribution in [-0.4, -0.2) is 72.5 Å². The van der Waals surface area contributed by atoms with Crippen LogP contribution in [0, 0.1) is 16.6 Å². The third-order valence-corrected chi connectivity index (χ3v) is 6.26. The van der Waals surface area contributed by atoms with Crippen LogP contribution in [0.1, 0.15) is 37.8 Å². The number of hydrogen-bond donors (Lipinski definition) is 5. The number of halogens is 1. The Kier molecular flexibility index (Phi) is 7.96. The Morgan fingerprint density at radius 3 is 2.31 bits per heavy atom. The van der Waals surface area contributed by atoms with Crippen molar-refractivity contribution < 1.29 is 19.4 Å². The summed E-state index contributed by atoms with van der Waals surface area (Å²) >= 11 is 0. The number of carbonyl (C=O) groups is 1. The zero-order valence-corrected chi connectivity index (χ0v) is 20.5. The van der Waals surface area contributed by atoms with Crippen LogP contribution < -0.4 is 15.1 Å². The number of phenolic OH excluding ortho intramolecular Hbond substituents is 2. The molecule has 3 rings (SSSR count). The minimum atomic E-state index is -0.780. The van der Waals surface area contributed by atoms with E-state index in [4.69, 9.17) is 10.8 Å². The van der Waals surface area contributed by atoms with Crippen molar-refractivity contribution in [1.82, 2.24) is 10.2 Å². The minimum absolute atomic E-state index is 0.000301. The van der Waals surface area contributed by atoms with Crippen molar-refractivity contribution in [3.05, 3.63) is 47.3 Å². The van der Waals surface area contributed by atoms with Crippen LogP contribution in [0.5, 0.6) is 11.5 Å². The standard InChI is InChI=1S/C25H33FN6O3/c1-5-30-8-10-31(11-9-30)20-7-6-16(12-19(20)26)32(24(28)25(35)29-4)23(27)18-13-17(15(2)3)21(33)14-22(18)34/h6-7,12-15,27-28,33-34H,5,8-11H2,1-4H3,(H,29,35). The van der Waals surface area contributed by atoms with Gasteiger partial charge in [-0.25, -0.2) is 4.39 Å². The topological polar surface area (TPSA) is 127 Å². The molecule has 0 spiro atoms. The summed E-state index contributed by atoms with van der Waals surface area (Å²) in [6, 6.07) is 6.89. The molecule has 9 nitrogen and oxygen atoms in total. The molecule has 1 aliphatic rings. The van der Waals surface area contributed by atoms with Crippen molar-refractivity contribution in [3.8, 4) is 11.5 Å². The molecule has 1 saturated heterocycles. The number of benzene rings is 2. The average Bonchev–Trinajstić information content (AvgIpc) is 2.83. The highest BCUT2D eigenvalue weighted by Gasteiger charge is 2.28. The number of phenols is 2. The van der Waals surface area contributed by atoms with Gasteiger partial charge in [0.25, 0.3) is 5.91 Å². The number of amidine groups is 2. The molecule has 5 N–H and O–H groups in total. The summed E-state index contributed by atoms with van der Waals surface area (Å²) in [5, 5.41) is 40.1. The van der Waals surface area contributed by atoms with E-state index < -0.39 is 29.1 Å². The molecule has 0 atom stereocenters. The highest BCUT2D eigenvalue weighted by atomic mass is 19.1. The lowest BCUT2D eigenvalue weighted by atomic mass is 9.98. The third-order valence-electron chi connectivity index (χ3n) is 6.26. The molecule has 0 radical (unpaired) electrons. The number of aromatic hydroxyl groups is 2. The number of anilines is 2. The van der Waals surface area contributed by atoms with Gasteiger partial charge in [0.15, 0.2) is 5.84 Å². The van der Waals surface area contributed by atoms with Crippen molar-refractivity contribution in [2.45, 2.75) is 26.7 Å². The SMILES string of the molecule is CCN1CCN(c2ccc(N(C(=N)C(=O)NC)C(=N)c3cc(C(C)C)c(O)cc3O)cc2F)CC1. The second-order valence-electron chi connectivity index (χ2n) is 8.75.